The van der Waals surface area contributed by atoms with Crippen molar-refractivity contribution < 1.29 is 97.8 Å². The summed E-state index contributed by atoms with van der Waals surface area (Å²) in [5.74, 6) is -20.3. The molecular formula is C45H52F8N3O13S3+. The van der Waals surface area contributed by atoms with E-state index in [1.807, 2.05) is 0 Å². The first kappa shape index (κ1) is 57.8. The maximum atomic E-state index is 16.0. The molecule has 2 unspecified atom stereocenters. The van der Waals surface area contributed by atoms with Crippen molar-refractivity contribution in [2.75, 3.05) is 35.2 Å². The van der Waals surface area contributed by atoms with Gasteiger partial charge < -0.3 is 9.74 Å². The van der Waals surface area contributed by atoms with Crippen LogP contribution in [0.4, 0.5) is 46.5 Å². The molecule has 3 N–H and O–H groups in total. The Labute approximate surface area is 410 Å². The summed E-state index contributed by atoms with van der Waals surface area (Å²) in [6.45, 7) is 2.06. The standard InChI is InChI=1S/C45H51F8N3O13S3/c1-44(20-8-12-24-70(60,61)62)27(54(42-32(44)34(46)36(48)38(50)40(42)52)22-10-4-7-17-31(59)69-56-29(57)18-19-30(56)58)15-5-3-6-16-28-45(2,21-9-13-25-71(63,64)65)33-35(47)37(49)39(51)41(53)43(33)55(28)23-11-14-26-72(66,67)68/h3,5-6,15-16H,4,7-14,17-26H2,1-2H3,(H2-,60,61,62,63,64,65,66,67,68)/p+1. The summed E-state index contributed by atoms with van der Waals surface area (Å²) < 4.78 is 222. The van der Waals surface area contributed by atoms with Gasteiger partial charge in [0.2, 0.25) is 11.6 Å². The van der Waals surface area contributed by atoms with Crippen molar-refractivity contribution in [2.45, 2.75) is 115 Å². The van der Waals surface area contributed by atoms with Crippen LogP contribution in [-0.4, -0.2) is 102 Å². The van der Waals surface area contributed by atoms with Gasteiger partial charge in [-0.25, -0.2) is 35.5 Å². The van der Waals surface area contributed by atoms with E-state index in [2.05, 4.69) is 0 Å². The average Bonchev–Trinajstić information content (AvgIpc) is 3.83. The van der Waals surface area contributed by atoms with E-state index in [-0.39, 0.29) is 114 Å². The van der Waals surface area contributed by atoms with Crippen molar-refractivity contribution in [2.24, 2.45) is 0 Å². The SMILES string of the molecule is CC1(CCCCS(=O)(=O)O)C(=CC=CC=CC2=[N+](CCCCCC(=O)ON3C(=O)CCC3=O)c3c(F)c(F)c(F)c(F)c3C2(C)CCCCS(=O)(=O)O)N(CCCCS(=O)(=O)O)c2c(F)c(F)c(F)c(F)c21. The lowest BCUT2D eigenvalue weighted by molar-refractivity contribution is -0.441. The summed E-state index contributed by atoms with van der Waals surface area (Å²) in [5.41, 5.74) is -6.37. The number of carbonyl (C=O) groups excluding carboxylic acids is 3. The summed E-state index contributed by atoms with van der Waals surface area (Å²) in [5, 5.41) is 0.362. The highest BCUT2D eigenvalue weighted by atomic mass is 32.2. The molecule has 0 spiro atoms. The van der Waals surface area contributed by atoms with Gasteiger partial charge in [0.05, 0.1) is 33.9 Å². The van der Waals surface area contributed by atoms with Gasteiger partial charge in [-0.05, 0) is 71.3 Å². The molecule has 0 radical (unpaired) electrons. The second kappa shape index (κ2) is 23.0. The van der Waals surface area contributed by atoms with E-state index >= 15 is 26.3 Å². The molecule has 1 fully saturated rings. The van der Waals surface area contributed by atoms with Crippen LogP contribution < -0.4 is 4.90 Å². The molecule has 72 heavy (non-hydrogen) atoms. The number of hydroxylamine groups is 2. The molecule has 3 aliphatic heterocycles. The molecule has 0 aromatic heterocycles. The molecular weight excluding hydrogens is 1040 g/mol. The monoisotopic (exact) mass is 1090 g/mol. The smallest absolute Gasteiger partial charge is 0.333 e. The lowest BCUT2D eigenvalue weighted by Gasteiger charge is -2.30. The number of fused-ring (bicyclic) bond motifs is 2. The van der Waals surface area contributed by atoms with Gasteiger partial charge >= 0.3 is 5.97 Å². The Bertz CT molecular complexity index is 2950. The Morgan fingerprint density at radius 3 is 1.67 bits per heavy atom. The zero-order valence-corrected chi connectivity index (χ0v) is 41.3. The second-order valence-corrected chi connectivity index (χ2v) is 22.7. The number of benzene rings is 2. The molecule has 5 rings (SSSR count). The van der Waals surface area contributed by atoms with Crippen LogP contribution in [0.5, 0.6) is 0 Å². The number of unbranched alkanes of at least 4 members (excludes halogenated alkanes) is 5. The van der Waals surface area contributed by atoms with Crippen LogP contribution in [0.1, 0.15) is 115 Å². The fourth-order valence-corrected chi connectivity index (χ4v) is 11.0. The van der Waals surface area contributed by atoms with Crippen LogP contribution in [0, 0.1) is 46.5 Å². The maximum absolute atomic E-state index is 16.0. The van der Waals surface area contributed by atoms with E-state index < -0.39 is 145 Å². The summed E-state index contributed by atoms with van der Waals surface area (Å²) in [7, 11) is -13.5. The molecule has 3 aliphatic rings. The number of anilines is 1. The molecule has 398 valence electrons. The normalized spacial score (nSPS) is 20.1. The molecule has 2 aromatic rings. The van der Waals surface area contributed by atoms with Crippen molar-refractivity contribution in [1.82, 2.24) is 5.06 Å². The van der Waals surface area contributed by atoms with Gasteiger partial charge in [0.15, 0.2) is 40.6 Å². The minimum absolute atomic E-state index is 0.00225. The van der Waals surface area contributed by atoms with Crippen molar-refractivity contribution in [3.8, 4) is 0 Å². The highest BCUT2D eigenvalue weighted by Crippen LogP contribution is 2.54. The van der Waals surface area contributed by atoms with Crippen LogP contribution in [-0.2, 0) is 60.4 Å². The van der Waals surface area contributed by atoms with Gasteiger partial charge in [0, 0.05) is 55.0 Å². The molecule has 3 heterocycles. The predicted molar refractivity (Wildman–Crippen MR) is 243 cm³/mol. The Morgan fingerprint density at radius 2 is 1.11 bits per heavy atom. The van der Waals surface area contributed by atoms with E-state index in [4.69, 9.17) is 4.84 Å². The van der Waals surface area contributed by atoms with Crippen LogP contribution in [0.3, 0.4) is 0 Å². The lowest BCUT2D eigenvalue weighted by Crippen LogP contribution is -2.32. The number of rotatable bonds is 25. The fourth-order valence-electron chi connectivity index (χ4n) is 9.32. The van der Waals surface area contributed by atoms with Gasteiger partial charge in [0.25, 0.3) is 47.9 Å². The zero-order chi connectivity index (χ0) is 53.7. The third-order valence-corrected chi connectivity index (χ3v) is 15.1. The number of allylic oxidation sites excluding steroid dienone is 6. The highest BCUT2D eigenvalue weighted by Gasteiger charge is 2.53. The number of halogens is 8. The van der Waals surface area contributed by atoms with Crippen LogP contribution in [0.15, 0.2) is 36.1 Å². The number of imide groups is 1. The second-order valence-electron chi connectivity index (χ2n) is 17.9. The number of hydrogen-bond acceptors (Lipinski definition) is 11. The Morgan fingerprint density at radius 1 is 0.611 bits per heavy atom. The Hall–Kier alpha value is -5.09. The Balaban J connectivity index is 1.57. The number of nitrogens with zero attached hydrogens (tertiary/aromatic N) is 3. The van der Waals surface area contributed by atoms with Crippen molar-refractivity contribution in [3.63, 3.8) is 0 Å². The largest absolute Gasteiger partial charge is 0.341 e. The van der Waals surface area contributed by atoms with E-state index in [1.165, 1.54) is 44.2 Å². The quantitative estimate of drug-likeness (QED) is 0.0126. The summed E-state index contributed by atoms with van der Waals surface area (Å²) in [6, 6.07) is 0. The third kappa shape index (κ3) is 13.2. The van der Waals surface area contributed by atoms with E-state index in [1.54, 1.807) is 0 Å². The number of amides is 2. The number of carbonyl (C=O) groups is 3. The highest BCUT2D eigenvalue weighted by molar-refractivity contribution is 7.86. The van der Waals surface area contributed by atoms with Gasteiger partial charge in [0.1, 0.15) is 6.54 Å². The maximum Gasteiger partial charge on any atom is 0.333 e. The van der Waals surface area contributed by atoms with Gasteiger partial charge in [-0.3, -0.25) is 23.2 Å². The topological polar surface area (TPSA) is 233 Å². The molecule has 2 amide bonds. The number of hydrogen-bond donors (Lipinski definition) is 3. The first-order valence-corrected chi connectivity index (χ1v) is 27.4. The van der Waals surface area contributed by atoms with E-state index in [0.29, 0.717) is 5.06 Å². The van der Waals surface area contributed by atoms with Crippen LogP contribution >= 0.6 is 0 Å². The molecule has 0 saturated carbocycles. The third-order valence-electron chi connectivity index (χ3n) is 12.7. The predicted octanol–water partition coefficient (Wildman–Crippen LogP) is 7.88. The average molecular weight is 1090 g/mol. The molecule has 2 atom stereocenters. The minimum atomic E-state index is -4.49. The van der Waals surface area contributed by atoms with Gasteiger partial charge in [-0.2, -0.15) is 34.2 Å². The fraction of sp³-hybridized carbons (Fsp3) is 0.511. The van der Waals surface area contributed by atoms with Gasteiger partial charge in [-0.15, -0.1) is 5.06 Å². The summed E-state index contributed by atoms with van der Waals surface area (Å²) in [6.07, 6.45) is 4.52. The van der Waals surface area contributed by atoms with Crippen LogP contribution in [0.2, 0.25) is 0 Å². The molecule has 16 nitrogen and oxygen atoms in total. The molecule has 0 aliphatic carbocycles. The lowest BCUT2D eigenvalue weighted by atomic mass is 9.75. The molecule has 0 bridgehead atoms. The minimum Gasteiger partial charge on any atom is -0.341 e. The van der Waals surface area contributed by atoms with Gasteiger partial charge in [-0.1, -0.05) is 31.1 Å². The van der Waals surface area contributed by atoms with Crippen LogP contribution in [0.25, 0.3) is 0 Å². The summed E-state index contributed by atoms with van der Waals surface area (Å²) >= 11 is 0. The first-order chi connectivity index (χ1) is 33.4. The van der Waals surface area contributed by atoms with Crippen molar-refractivity contribution >= 4 is 65.2 Å². The molecule has 1 saturated heterocycles. The summed E-state index contributed by atoms with van der Waals surface area (Å²) in [4.78, 5) is 42.0. The van der Waals surface area contributed by atoms with E-state index in [0.717, 1.165) is 9.48 Å². The molecule has 27 heteroatoms. The van der Waals surface area contributed by atoms with Crippen molar-refractivity contribution in [1.29, 1.82) is 0 Å². The molecule has 2 aromatic carbocycles. The zero-order valence-electron chi connectivity index (χ0n) is 38.8. The van der Waals surface area contributed by atoms with E-state index in [9.17, 15) is 62.1 Å². The Kier molecular flexibility index (Phi) is 18.5. The van der Waals surface area contributed by atoms with Crippen molar-refractivity contribution in [3.05, 3.63) is 93.7 Å². The first-order valence-electron chi connectivity index (χ1n) is 22.6.